The first-order valence-electron chi connectivity index (χ1n) is 11.2. The number of piperazine rings is 1. The summed E-state index contributed by atoms with van der Waals surface area (Å²) in [4.78, 5) is 51.6. The predicted molar refractivity (Wildman–Crippen MR) is 125 cm³/mol. The van der Waals surface area contributed by atoms with Gasteiger partial charge in [-0.25, -0.2) is 9.97 Å². The summed E-state index contributed by atoms with van der Waals surface area (Å²) in [7, 11) is 0. The van der Waals surface area contributed by atoms with Gasteiger partial charge in [-0.15, -0.1) is 5.10 Å². The lowest BCUT2D eigenvalue weighted by atomic mass is 10.1. The van der Waals surface area contributed by atoms with Crippen LogP contribution in [0.3, 0.4) is 0 Å². The highest BCUT2D eigenvalue weighted by molar-refractivity contribution is 6.22. The maximum atomic E-state index is 12.9. The summed E-state index contributed by atoms with van der Waals surface area (Å²) in [5.41, 5.74) is 2.72. The molecule has 1 saturated heterocycles. The molecule has 2 aliphatic heterocycles. The molecule has 35 heavy (non-hydrogen) atoms. The summed E-state index contributed by atoms with van der Waals surface area (Å²) in [6.07, 6.45) is 1.49. The fourth-order valence-corrected chi connectivity index (χ4v) is 4.50. The standard InChI is InChI=1S/C24H20N8O3/c33-19(14-31-23(34)17-8-4-5-9-18(17)24(31)35)29-10-12-30(13-11-29)21-20-22(26-15-25-21)32(28-27-20)16-6-2-1-3-7-16/h1-9,15H,10-14H2. The molecule has 0 N–H and O–H groups in total. The first-order valence-corrected chi connectivity index (χ1v) is 11.2. The van der Waals surface area contributed by atoms with Gasteiger partial charge in [-0.1, -0.05) is 35.5 Å². The molecular weight excluding hydrogens is 448 g/mol. The van der Waals surface area contributed by atoms with E-state index < -0.39 is 11.8 Å². The highest BCUT2D eigenvalue weighted by atomic mass is 16.2. The van der Waals surface area contributed by atoms with Crippen LogP contribution in [0.1, 0.15) is 20.7 Å². The molecule has 0 aliphatic carbocycles. The van der Waals surface area contributed by atoms with Crippen molar-refractivity contribution in [1.82, 2.24) is 34.8 Å². The molecule has 2 aliphatic rings. The Morgan fingerprint density at radius 3 is 2.17 bits per heavy atom. The van der Waals surface area contributed by atoms with Crippen LogP contribution in [-0.4, -0.2) is 85.2 Å². The number of anilines is 1. The number of nitrogens with zero attached hydrogens (tertiary/aromatic N) is 8. The number of hydrogen-bond donors (Lipinski definition) is 0. The molecule has 0 radical (unpaired) electrons. The van der Waals surface area contributed by atoms with E-state index in [1.54, 1.807) is 33.8 Å². The predicted octanol–water partition coefficient (Wildman–Crippen LogP) is 1.16. The molecule has 0 atom stereocenters. The van der Waals surface area contributed by atoms with Gasteiger partial charge in [0.2, 0.25) is 5.91 Å². The third kappa shape index (κ3) is 3.48. The van der Waals surface area contributed by atoms with Crippen LogP contribution in [-0.2, 0) is 4.79 Å². The molecule has 11 heteroatoms. The summed E-state index contributed by atoms with van der Waals surface area (Å²) in [6.45, 7) is 1.65. The number of para-hydroxylation sites is 1. The van der Waals surface area contributed by atoms with Crippen LogP contribution in [0, 0.1) is 0 Å². The van der Waals surface area contributed by atoms with E-state index in [0.29, 0.717) is 54.3 Å². The van der Waals surface area contributed by atoms with Gasteiger partial charge < -0.3 is 9.80 Å². The Balaban J connectivity index is 1.15. The molecule has 6 rings (SSSR count). The second-order valence-corrected chi connectivity index (χ2v) is 8.32. The number of rotatable bonds is 4. The number of carbonyl (C=O) groups is 3. The van der Waals surface area contributed by atoms with E-state index in [1.165, 1.54) is 6.33 Å². The zero-order chi connectivity index (χ0) is 23.9. The number of aromatic nitrogens is 5. The van der Waals surface area contributed by atoms with Crippen LogP contribution in [0.4, 0.5) is 5.82 Å². The first kappa shape index (κ1) is 20.9. The van der Waals surface area contributed by atoms with Crippen molar-refractivity contribution in [2.24, 2.45) is 0 Å². The summed E-state index contributed by atoms with van der Waals surface area (Å²) in [5.74, 6) is -0.462. The van der Waals surface area contributed by atoms with Crippen molar-refractivity contribution in [2.45, 2.75) is 0 Å². The Kier molecular flexibility index (Phi) is 4.94. The lowest BCUT2D eigenvalue weighted by molar-refractivity contribution is -0.131. The summed E-state index contributed by atoms with van der Waals surface area (Å²) in [5, 5.41) is 8.57. The van der Waals surface area contributed by atoms with E-state index in [9.17, 15) is 14.4 Å². The second kappa shape index (κ2) is 8.28. The van der Waals surface area contributed by atoms with Crippen LogP contribution in [0.2, 0.25) is 0 Å². The zero-order valence-corrected chi connectivity index (χ0v) is 18.6. The summed E-state index contributed by atoms with van der Waals surface area (Å²) >= 11 is 0. The molecule has 4 heterocycles. The molecule has 1 fully saturated rings. The van der Waals surface area contributed by atoms with Crippen LogP contribution in [0.5, 0.6) is 0 Å². The SMILES string of the molecule is O=C(CN1C(=O)c2ccccc2C1=O)N1CCN(c2ncnc3c2nnn3-c2ccccc2)CC1. The van der Waals surface area contributed by atoms with E-state index in [-0.39, 0.29) is 12.5 Å². The Morgan fingerprint density at radius 1 is 0.829 bits per heavy atom. The molecule has 0 bridgehead atoms. The number of fused-ring (bicyclic) bond motifs is 2. The Morgan fingerprint density at radius 2 is 1.49 bits per heavy atom. The Bertz CT molecular complexity index is 1430. The molecular formula is C24H20N8O3. The smallest absolute Gasteiger partial charge is 0.262 e. The first-order chi connectivity index (χ1) is 17.1. The third-order valence-electron chi connectivity index (χ3n) is 6.32. The fraction of sp³-hybridized carbons (Fsp3) is 0.208. The maximum Gasteiger partial charge on any atom is 0.262 e. The van der Waals surface area contributed by atoms with Gasteiger partial charge in [-0.05, 0) is 24.3 Å². The van der Waals surface area contributed by atoms with E-state index in [2.05, 4.69) is 20.3 Å². The number of amides is 3. The van der Waals surface area contributed by atoms with Gasteiger partial charge in [-0.3, -0.25) is 19.3 Å². The summed E-state index contributed by atoms with van der Waals surface area (Å²) < 4.78 is 1.67. The van der Waals surface area contributed by atoms with Crippen molar-refractivity contribution >= 4 is 34.7 Å². The van der Waals surface area contributed by atoms with Gasteiger partial charge in [0.15, 0.2) is 17.0 Å². The molecule has 11 nitrogen and oxygen atoms in total. The van der Waals surface area contributed by atoms with E-state index in [4.69, 9.17) is 0 Å². The van der Waals surface area contributed by atoms with E-state index in [1.807, 2.05) is 35.2 Å². The monoisotopic (exact) mass is 468 g/mol. The van der Waals surface area contributed by atoms with Crippen LogP contribution < -0.4 is 4.90 Å². The fourth-order valence-electron chi connectivity index (χ4n) is 4.50. The third-order valence-corrected chi connectivity index (χ3v) is 6.32. The maximum absolute atomic E-state index is 12.9. The molecule has 0 spiro atoms. The quantitative estimate of drug-likeness (QED) is 0.410. The summed E-state index contributed by atoms with van der Waals surface area (Å²) in [6, 6.07) is 16.2. The van der Waals surface area contributed by atoms with Gasteiger partial charge >= 0.3 is 0 Å². The van der Waals surface area contributed by atoms with Crippen molar-refractivity contribution in [3.05, 3.63) is 72.1 Å². The van der Waals surface area contributed by atoms with Crippen LogP contribution >= 0.6 is 0 Å². The molecule has 4 aromatic rings. The zero-order valence-electron chi connectivity index (χ0n) is 18.6. The minimum atomic E-state index is -0.428. The number of benzene rings is 2. The molecule has 0 saturated carbocycles. The van der Waals surface area contributed by atoms with Crippen LogP contribution in [0.15, 0.2) is 60.9 Å². The molecule has 2 aromatic carbocycles. The molecule has 0 unspecified atom stereocenters. The largest absolute Gasteiger partial charge is 0.351 e. The lowest BCUT2D eigenvalue weighted by Crippen LogP contribution is -2.52. The minimum absolute atomic E-state index is 0.262. The van der Waals surface area contributed by atoms with Gasteiger partial charge in [0, 0.05) is 26.2 Å². The second-order valence-electron chi connectivity index (χ2n) is 8.32. The normalized spacial score (nSPS) is 15.7. The molecule has 174 valence electrons. The van der Waals surface area contributed by atoms with E-state index in [0.717, 1.165) is 10.6 Å². The number of imide groups is 1. The van der Waals surface area contributed by atoms with Gasteiger partial charge in [-0.2, -0.15) is 4.68 Å². The highest BCUT2D eigenvalue weighted by Crippen LogP contribution is 2.25. The minimum Gasteiger partial charge on any atom is -0.351 e. The average molecular weight is 468 g/mol. The van der Waals surface area contributed by atoms with E-state index >= 15 is 0 Å². The van der Waals surface area contributed by atoms with Crippen molar-refractivity contribution in [3.63, 3.8) is 0 Å². The highest BCUT2D eigenvalue weighted by Gasteiger charge is 2.37. The Labute approximate surface area is 199 Å². The van der Waals surface area contributed by atoms with Gasteiger partial charge in [0.1, 0.15) is 12.9 Å². The van der Waals surface area contributed by atoms with Crippen molar-refractivity contribution in [1.29, 1.82) is 0 Å². The Hall–Kier alpha value is -4.67. The van der Waals surface area contributed by atoms with Crippen molar-refractivity contribution < 1.29 is 14.4 Å². The van der Waals surface area contributed by atoms with Crippen LogP contribution in [0.25, 0.3) is 16.9 Å². The average Bonchev–Trinajstić information content (AvgIpc) is 3.45. The van der Waals surface area contributed by atoms with Gasteiger partial charge in [0.05, 0.1) is 16.8 Å². The topological polar surface area (TPSA) is 117 Å². The molecule has 3 amide bonds. The number of hydrogen-bond acceptors (Lipinski definition) is 8. The number of carbonyl (C=O) groups excluding carboxylic acids is 3. The van der Waals surface area contributed by atoms with Crippen molar-refractivity contribution in [2.75, 3.05) is 37.6 Å². The van der Waals surface area contributed by atoms with Crippen molar-refractivity contribution in [3.8, 4) is 5.69 Å². The van der Waals surface area contributed by atoms with Gasteiger partial charge in [0.25, 0.3) is 11.8 Å². The molecule has 2 aromatic heterocycles. The lowest BCUT2D eigenvalue weighted by Gasteiger charge is -2.35.